The van der Waals surface area contributed by atoms with Crippen LogP contribution in [0, 0.1) is 0 Å². The van der Waals surface area contributed by atoms with E-state index in [2.05, 4.69) is 10.4 Å². The van der Waals surface area contributed by atoms with E-state index in [4.69, 9.17) is 0 Å². The van der Waals surface area contributed by atoms with Crippen molar-refractivity contribution >= 4 is 17.7 Å². The molecule has 0 bridgehead atoms. The van der Waals surface area contributed by atoms with Crippen LogP contribution in [0.5, 0.6) is 0 Å². The van der Waals surface area contributed by atoms with E-state index in [0.717, 1.165) is 29.9 Å². The summed E-state index contributed by atoms with van der Waals surface area (Å²) in [4.78, 5) is 12.6. The molecule has 0 saturated carbocycles. The van der Waals surface area contributed by atoms with Crippen molar-refractivity contribution < 1.29 is 9.90 Å². The van der Waals surface area contributed by atoms with Gasteiger partial charge in [-0.15, -0.1) is 0 Å². The monoisotopic (exact) mass is 331 g/mol. The van der Waals surface area contributed by atoms with E-state index in [-0.39, 0.29) is 12.5 Å². The van der Waals surface area contributed by atoms with Gasteiger partial charge in [-0.25, -0.2) is 0 Å². The second-order valence-electron chi connectivity index (χ2n) is 5.95. The van der Waals surface area contributed by atoms with Gasteiger partial charge in [0.1, 0.15) is 5.69 Å². The first-order valence-corrected chi connectivity index (χ1v) is 8.90. The fraction of sp³-hybridized carbons (Fsp3) is 0.412. The Hall–Kier alpha value is -1.79. The first kappa shape index (κ1) is 16.1. The van der Waals surface area contributed by atoms with Crippen LogP contribution in [-0.4, -0.2) is 44.4 Å². The number of thioether (sulfide) groups is 1. The Morgan fingerprint density at radius 1 is 1.35 bits per heavy atom. The molecule has 23 heavy (non-hydrogen) atoms. The number of amides is 1. The molecule has 5 nitrogen and oxygen atoms in total. The van der Waals surface area contributed by atoms with Crippen LogP contribution in [0.15, 0.2) is 36.5 Å². The van der Waals surface area contributed by atoms with Crippen LogP contribution < -0.4 is 5.32 Å². The normalized spacial score (nSPS) is 17.0. The van der Waals surface area contributed by atoms with Gasteiger partial charge in [0, 0.05) is 25.4 Å². The summed E-state index contributed by atoms with van der Waals surface area (Å²) in [5.41, 5.74) is 1.33. The highest BCUT2D eigenvalue weighted by Crippen LogP contribution is 2.27. The van der Waals surface area contributed by atoms with E-state index < -0.39 is 5.60 Å². The van der Waals surface area contributed by atoms with E-state index >= 15 is 0 Å². The van der Waals surface area contributed by atoms with Crippen LogP contribution in [0.2, 0.25) is 0 Å². The molecule has 1 aromatic carbocycles. The summed E-state index contributed by atoms with van der Waals surface area (Å²) in [7, 11) is 1.80. The van der Waals surface area contributed by atoms with Gasteiger partial charge in [0.2, 0.25) is 0 Å². The molecule has 2 aromatic rings. The highest BCUT2D eigenvalue weighted by molar-refractivity contribution is 7.99. The summed E-state index contributed by atoms with van der Waals surface area (Å²) >= 11 is 1.84. The average molecular weight is 331 g/mol. The number of aryl methyl sites for hydroxylation is 1. The predicted molar refractivity (Wildman–Crippen MR) is 92.5 cm³/mol. The molecule has 6 heteroatoms. The molecule has 0 spiro atoms. The number of rotatable bonds is 4. The first-order valence-electron chi connectivity index (χ1n) is 7.75. The van der Waals surface area contributed by atoms with Gasteiger partial charge < -0.3 is 10.4 Å². The second kappa shape index (κ2) is 6.76. The van der Waals surface area contributed by atoms with Crippen molar-refractivity contribution in [1.82, 2.24) is 15.1 Å². The van der Waals surface area contributed by atoms with Crippen molar-refractivity contribution in [2.45, 2.75) is 18.4 Å². The molecule has 1 aliphatic heterocycles. The molecular weight excluding hydrogens is 310 g/mol. The van der Waals surface area contributed by atoms with Gasteiger partial charge in [-0.05, 0) is 24.3 Å². The zero-order chi connectivity index (χ0) is 16.3. The number of carbonyl (C=O) groups is 1. The smallest absolute Gasteiger partial charge is 0.255 e. The van der Waals surface area contributed by atoms with Crippen LogP contribution in [-0.2, 0) is 7.05 Å². The van der Waals surface area contributed by atoms with Gasteiger partial charge in [0.15, 0.2) is 0 Å². The van der Waals surface area contributed by atoms with Gasteiger partial charge in [-0.2, -0.15) is 16.9 Å². The molecule has 0 unspecified atom stereocenters. The molecule has 3 rings (SSSR count). The fourth-order valence-corrected chi connectivity index (χ4v) is 3.98. The number of aliphatic hydroxyl groups is 1. The molecule has 0 atom stereocenters. The lowest BCUT2D eigenvalue weighted by Gasteiger charge is -2.31. The Morgan fingerprint density at radius 2 is 2.04 bits per heavy atom. The Labute approximate surface area is 140 Å². The lowest BCUT2D eigenvalue weighted by Crippen LogP contribution is -2.45. The van der Waals surface area contributed by atoms with E-state index in [9.17, 15) is 9.90 Å². The molecule has 1 fully saturated rings. The van der Waals surface area contributed by atoms with Crippen LogP contribution in [0.3, 0.4) is 0 Å². The van der Waals surface area contributed by atoms with Gasteiger partial charge in [0.05, 0.1) is 11.2 Å². The molecule has 1 amide bonds. The third kappa shape index (κ3) is 3.76. The van der Waals surface area contributed by atoms with Crippen molar-refractivity contribution in [3.8, 4) is 11.3 Å². The average Bonchev–Trinajstić information content (AvgIpc) is 2.96. The third-order valence-corrected chi connectivity index (χ3v) is 5.11. The Kier molecular flexibility index (Phi) is 4.73. The quantitative estimate of drug-likeness (QED) is 0.900. The molecule has 1 aromatic heterocycles. The summed E-state index contributed by atoms with van der Waals surface area (Å²) in [5.74, 6) is 1.69. The maximum Gasteiger partial charge on any atom is 0.255 e. The van der Waals surface area contributed by atoms with Crippen molar-refractivity contribution in [2.75, 3.05) is 18.1 Å². The van der Waals surface area contributed by atoms with E-state index in [0.29, 0.717) is 11.3 Å². The Morgan fingerprint density at radius 3 is 2.74 bits per heavy atom. The largest absolute Gasteiger partial charge is 0.388 e. The van der Waals surface area contributed by atoms with E-state index in [1.54, 1.807) is 17.9 Å². The summed E-state index contributed by atoms with van der Waals surface area (Å²) < 4.78 is 1.64. The van der Waals surface area contributed by atoms with Crippen molar-refractivity contribution in [2.24, 2.45) is 7.05 Å². The molecule has 1 saturated heterocycles. The maximum absolute atomic E-state index is 12.6. The highest BCUT2D eigenvalue weighted by Gasteiger charge is 2.30. The van der Waals surface area contributed by atoms with Gasteiger partial charge in [-0.1, -0.05) is 30.3 Å². The summed E-state index contributed by atoms with van der Waals surface area (Å²) in [5, 5.41) is 17.8. The minimum absolute atomic E-state index is 0.191. The molecule has 0 radical (unpaired) electrons. The Bertz CT molecular complexity index is 678. The number of benzene rings is 1. The van der Waals surface area contributed by atoms with Crippen LogP contribution >= 0.6 is 11.8 Å². The van der Waals surface area contributed by atoms with E-state index in [1.807, 2.05) is 42.1 Å². The van der Waals surface area contributed by atoms with Crippen LogP contribution in [0.1, 0.15) is 23.2 Å². The minimum atomic E-state index is -0.782. The highest BCUT2D eigenvalue weighted by atomic mass is 32.2. The zero-order valence-electron chi connectivity index (χ0n) is 13.2. The number of nitrogens with zero attached hydrogens (tertiary/aromatic N) is 2. The number of nitrogens with one attached hydrogen (secondary N) is 1. The third-order valence-electron chi connectivity index (χ3n) is 4.12. The van der Waals surface area contributed by atoms with Crippen LogP contribution in [0.4, 0.5) is 0 Å². The summed E-state index contributed by atoms with van der Waals surface area (Å²) in [6.45, 7) is 0.287. The lowest BCUT2D eigenvalue weighted by atomic mass is 9.96. The van der Waals surface area contributed by atoms with Crippen molar-refractivity contribution in [3.63, 3.8) is 0 Å². The minimum Gasteiger partial charge on any atom is -0.388 e. The summed E-state index contributed by atoms with van der Waals surface area (Å²) in [6, 6.07) is 9.65. The predicted octanol–water partition coefficient (Wildman–Crippen LogP) is 2.07. The molecule has 122 valence electrons. The number of carbonyl (C=O) groups excluding carboxylic acids is 1. The lowest BCUT2D eigenvalue weighted by molar-refractivity contribution is 0.0311. The van der Waals surface area contributed by atoms with E-state index in [1.165, 1.54) is 0 Å². The van der Waals surface area contributed by atoms with Crippen LogP contribution in [0.25, 0.3) is 11.3 Å². The molecular formula is C17H21N3O2S. The first-order chi connectivity index (χ1) is 11.1. The number of hydrogen-bond acceptors (Lipinski definition) is 4. The second-order valence-corrected chi connectivity index (χ2v) is 7.18. The van der Waals surface area contributed by atoms with Gasteiger partial charge in [0.25, 0.3) is 5.91 Å². The number of hydrogen-bond donors (Lipinski definition) is 2. The molecule has 1 aliphatic rings. The number of aromatic nitrogens is 2. The maximum atomic E-state index is 12.6. The fourth-order valence-electron chi connectivity index (χ4n) is 2.73. The SMILES string of the molecule is Cn1cc(C(=O)NCC2(O)CCSCC2)c(-c2ccccc2)n1. The van der Waals surface area contributed by atoms with Crippen molar-refractivity contribution in [1.29, 1.82) is 0 Å². The molecule has 0 aliphatic carbocycles. The summed E-state index contributed by atoms with van der Waals surface area (Å²) in [6.07, 6.45) is 3.16. The molecule has 2 N–H and O–H groups in total. The Balaban J connectivity index is 1.75. The standard InChI is InChI=1S/C17H21N3O2S/c1-20-11-14(15(19-20)13-5-3-2-4-6-13)16(21)18-12-17(22)7-9-23-10-8-17/h2-6,11,22H,7-10,12H2,1H3,(H,18,21). The zero-order valence-corrected chi connectivity index (χ0v) is 14.0. The topological polar surface area (TPSA) is 67.2 Å². The van der Waals surface area contributed by atoms with Crippen molar-refractivity contribution in [3.05, 3.63) is 42.1 Å². The van der Waals surface area contributed by atoms with Gasteiger partial charge in [-0.3, -0.25) is 9.48 Å². The van der Waals surface area contributed by atoms with Gasteiger partial charge >= 0.3 is 0 Å². The molecule has 2 heterocycles.